The second kappa shape index (κ2) is 8.76. The molecule has 0 atom stereocenters. The van der Waals surface area contributed by atoms with E-state index in [0.717, 1.165) is 68.2 Å². The maximum Gasteiger partial charge on any atom is 0.224 e. The van der Waals surface area contributed by atoms with E-state index in [4.69, 9.17) is 16.3 Å². The molecule has 2 aliphatic rings. The Morgan fingerprint density at radius 3 is 2.62 bits per heavy atom. The molecule has 1 saturated heterocycles. The predicted octanol–water partition coefficient (Wildman–Crippen LogP) is 5.09. The third-order valence-corrected chi connectivity index (χ3v) is 6.35. The van der Waals surface area contributed by atoms with Crippen molar-refractivity contribution in [2.75, 3.05) is 25.0 Å². The van der Waals surface area contributed by atoms with Crippen molar-refractivity contribution in [1.82, 2.24) is 4.90 Å². The number of piperidine rings is 1. The van der Waals surface area contributed by atoms with Crippen molar-refractivity contribution in [3.63, 3.8) is 0 Å². The molecule has 154 valence electrons. The second-order valence-electron chi connectivity index (χ2n) is 8.49. The van der Waals surface area contributed by atoms with Crippen LogP contribution in [0.4, 0.5) is 5.69 Å². The molecule has 0 saturated carbocycles. The number of anilines is 1. The Kier molecular flexibility index (Phi) is 6.12. The summed E-state index contributed by atoms with van der Waals surface area (Å²) in [6.45, 7) is 5.43. The van der Waals surface area contributed by atoms with E-state index in [1.54, 1.807) is 0 Å². The number of likely N-dealkylation sites (tertiary alicyclic amines) is 1. The van der Waals surface area contributed by atoms with Crippen LogP contribution in [0, 0.1) is 0 Å². The Labute approximate surface area is 178 Å². The lowest BCUT2D eigenvalue weighted by atomic mass is 9.93. The highest BCUT2D eigenvalue weighted by molar-refractivity contribution is 6.30. The number of benzene rings is 2. The highest BCUT2D eigenvalue weighted by atomic mass is 35.5. The predicted molar refractivity (Wildman–Crippen MR) is 118 cm³/mol. The molecular weight excluding hydrogens is 384 g/mol. The number of hydrogen-bond acceptors (Lipinski definition) is 3. The number of ether oxygens (including phenoxy) is 1. The van der Waals surface area contributed by atoms with Crippen LogP contribution in [-0.4, -0.2) is 36.0 Å². The maximum absolute atomic E-state index is 11.6. The Morgan fingerprint density at radius 2 is 1.86 bits per heavy atom. The van der Waals surface area contributed by atoms with Crippen molar-refractivity contribution in [1.29, 1.82) is 0 Å². The lowest BCUT2D eigenvalue weighted by Gasteiger charge is -2.39. The zero-order chi connectivity index (χ0) is 20.3. The molecule has 0 radical (unpaired) electrons. The van der Waals surface area contributed by atoms with E-state index >= 15 is 0 Å². The normalized spacial score (nSPS) is 18.8. The van der Waals surface area contributed by atoms with Gasteiger partial charge in [-0.2, -0.15) is 0 Å². The van der Waals surface area contributed by atoms with Gasteiger partial charge in [-0.1, -0.05) is 23.7 Å². The molecule has 0 bridgehead atoms. The summed E-state index contributed by atoms with van der Waals surface area (Å²) in [7, 11) is 0. The minimum absolute atomic E-state index is 0.110. The number of hydrogen-bond donors (Lipinski definition) is 1. The Morgan fingerprint density at radius 1 is 1.10 bits per heavy atom. The summed E-state index contributed by atoms with van der Waals surface area (Å²) < 4.78 is 6.26. The lowest BCUT2D eigenvalue weighted by molar-refractivity contribution is -0.116. The Balaban J connectivity index is 1.22. The second-order valence-corrected chi connectivity index (χ2v) is 8.93. The molecule has 2 aromatic rings. The summed E-state index contributed by atoms with van der Waals surface area (Å²) in [5, 5.41) is 3.74. The van der Waals surface area contributed by atoms with Crippen LogP contribution >= 0.6 is 11.6 Å². The molecule has 2 aliphatic heterocycles. The molecule has 0 aromatic heterocycles. The van der Waals surface area contributed by atoms with E-state index in [0.29, 0.717) is 6.42 Å². The Hall–Kier alpha value is -2.04. The molecule has 4 nitrogen and oxygen atoms in total. The van der Waals surface area contributed by atoms with Crippen molar-refractivity contribution in [2.24, 2.45) is 0 Å². The van der Waals surface area contributed by atoms with Crippen LogP contribution in [0.1, 0.15) is 43.7 Å². The SMILES string of the molecule is CC1(Oc2ccc(Cl)cc2)CCN(CCCc2ccc3c(c2)NC(=O)CC3)CC1. The number of nitrogens with one attached hydrogen (secondary N) is 1. The fourth-order valence-electron chi connectivity index (χ4n) is 4.22. The topological polar surface area (TPSA) is 41.6 Å². The third-order valence-electron chi connectivity index (χ3n) is 6.10. The van der Waals surface area contributed by atoms with Crippen molar-refractivity contribution in [3.8, 4) is 5.75 Å². The van der Waals surface area contributed by atoms with Gasteiger partial charge < -0.3 is 15.0 Å². The van der Waals surface area contributed by atoms with E-state index in [2.05, 4.69) is 35.3 Å². The molecule has 29 heavy (non-hydrogen) atoms. The average molecular weight is 413 g/mol. The van der Waals surface area contributed by atoms with Crippen LogP contribution in [0.15, 0.2) is 42.5 Å². The van der Waals surface area contributed by atoms with Gasteiger partial charge in [0.2, 0.25) is 5.91 Å². The quantitative estimate of drug-likeness (QED) is 0.718. The van der Waals surface area contributed by atoms with Gasteiger partial charge in [0, 0.05) is 30.2 Å². The molecule has 0 spiro atoms. The van der Waals surface area contributed by atoms with E-state index in [-0.39, 0.29) is 11.5 Å². The van der Waals surface area contributed by atoms with Gasteiger partial charge in [-0.15, -0.1) is 0 Å². The summed E-state index contributed by atoms with van der Waals surface area (Å²) in [5.41, 5.74) is 3.45. The van der Waals surface area contributed by atoms with Gasteiger partial charge in [-0.05, 0) is 87.0 Å². The zero-order valence-corrected chi connectivity index (χ0v) is 17.8. The summed E-state index contributed by atoms with van der Waals surface area (Å²) >= 11 is 5.96. The number of carbonyl (C=O) groups excluding carboxylic acids is 1. The molecule has 0 unspecified atom stereocenters. The largest absolute Gasteiger partial charge is 0.487 e. The van der Waals surface area contributed by atoms with Gasteiger partial charge in [-0.25, -0.2) is 0 Å². The molecule has 2 aromatic carbocycles. The number of halogens is 1. The molecule has 5 heteroatoms. The monoisotopic (exact) mass is 412 g/mol. The van der Waals surface area contributed by atoms with Crippen LogP contribution in [0.2, 0.25) is 5.02 Å². The summed E-state index contributed by atoms with van der Waals surface area (Å²) in [5.74, 6) is 1.02. The minimum atomic E-state index is -0.110. The van der Waals surface area contributed by atoms with E-state index in [9.17, 15) is 4.79 Å². The molecule has 1 amide bonds. The van der Waals surface area contributed by atoms with Gasteiger partial charge >= 0.3 is 0 Å². The van der Waals surface area contributed by atoms with Gasteiger partial charge in [0.15, 0.2) is 0 Å². The van der Waals surface area contributed by atoms with E-state index < -0.39 is 0 Å². The number of fused-ring (bicyclic) bond motifs is 1. The maximum atomic E-state index is 11.6. The number of rotatable bonds is 6. The third kappa shape index (κ3) is 5.31. The van der Waals surface area contributed by atoms with E-state index in [1.807, 2.05) is 24.3 Å². The standard InChI is InChI=1S/C24H29ClN2O2/c1-24(29-21-9-7-20(25)8-10-21)12-15-27(16-13-24)14-2-3-18-4-5-19-6-11-23(28)26-22(19)17-18/h4-5,7-10,17H,2-3,6,11-16H2,1H3,(H,26,28). The van der Waals surface area contributed by atoms with Gasteiger partial charge in [-0.3, -0.25) is 4.79 Å². The van der Waals surface area contributed by atoms with Crippen LogP contribution in [0.3, 0.4) is 0 Å². The molecule has 1 fully saturated rings. The van der Waals surface area contributed by atoms with Gasteiger partial charge in [0.1, 0.15) is 11.4 Å². The summed E-state index contributed by atoms with van der Waals surface area (Å²) in [6, 6.07) is 14.2. The van der Waals surface area contributed by atoms with Crippen molar-refractivity contribution < 1.29 is 9.53 Å². The molecule has 0 aliphatic carbocycles. The fraction of sp³-hybridized carbons (Fsp3) is 0.458. The van der Waals surface area contributed by atoms with Gasteiger partial charge in [0.25, 0.3) is 0 Å². The molecular formula is C24H29ClN2O2. The zero-order valence-electron chi connectivity index (χ0n) is 17.0. The fourth-order valence-corrected chi connectivity index (χ4v) is 4.35. The first-order chi connectivity index (χ1) is 14.0. The van der Waals surface area contributed by atoms with Crippen LogP contribution in [0.25, 0.3) is 0 Å². The highest BCUT2D eigenvalue weighted by Crippen LogP contribution is 2.29. The van der Waals surface area contributed by atoms with Gasteiger partial charge in [0.05, 0.1) is 0 Å². The number of amides is 1. The first-order valence-electron chi connectivity index (χ1n) is 10.6. The van der Waals surface area contributed by atoms with Crippen molar-refractivity contribution in [3.05, 3.63) is 58.6 Å². The summed E-state index contributed by atoms with van der Waals surface area (Å²) in [4.78, 5) is 14.1. The van der Waals surface area contributed by atoms with Crippen LogP contribution in [0.5, 0.6) is 5.75 Å². The number of carbonyl (C=O) groups is 1. The molecule has 4 rings (SSSR count). The van der Waals surface area contributed by atoms with E-state index in [1.165, 1.54) is 11.1 Å². The van der Waals surface area contributed by atoms with Crippen LogP contribution in [-0.2, 0) is 17.6 Å². The summed E-state index contributed by atoms with van der Waals surface area (Å²) in [6.07, 6.45) is 5.68. The minimum Gasteiger partial charge on any atom is -0.487 e. The first-order valence-corrected chi connectivity index (χ1v) is 11.0. The Bertz CT molecular complexity index is 858. The number of aryl methyl sites for hydroxylation is 2. The smallest absolute Gasteiger partial charge is 0.224 e. The first kappa shape index (κ1) is 20.2. The lowest BCUT2D eigenvalue weighted by Crippen LogP contribution is -2.46. The highest BCUT2D eigenvalue weighted by Gasteiger charge is 2.31. The van der Waals surface area contributed by atoms with Crippen molar-refractivity contribution in [2.45, 2.75) is 51.0 Å². The molecule has 2 heterocycles. The molecule has 1 N–H and O–H groups in total. The van der Waals surface area contributed by atoms with Crippen molar-refractivity contribution >= 4 is 23.2 Å². The van der Waals surface area contributed by atoms with Crippen LogP contribution < -0.4 is 10.1 Å². The number of nitrogens with zero attached hydrogens (tertiary/aromatic N) is 1. The average Bonchev–Trinajstić information content (AvgIpc) is 2.71.